The van der Waals surface area contributed by atoms with Crippen LogP contribution in [0.1, 0.15) is 138 Å². The van der Waals surface area contributed by atoms with Crippen LogP contribution >= 0.6 is 0 Å². The SMILES string of the molecule is CC[C@@H](C(=O)[C@@H](C)[C@@H](O)[C@H](C)CCc1ccc(C)c(O)c1C(=O)OC[C@@H]1CCN2CC[C@@H](COC(=O)c3ccc4ccccc4c3)NC2=N1)[C@H]1O[C@](CC)([C@H]2CC[C@](O)(CC)[C@H](C)O2)C[C@@H]1C. The fraction of sp³-hybridized carbons (Fsp3) is 0.630. The summed E-state index contributed by atoms with van der Waals surface area (Å²) in [6, 6.07) is 16.6. The zero-order valence-electron chi connectivity index (χ0n) is 41.0. The van der Waals surface area contributed by atoms with E-state index in [0.29, 0.717) is 67.6 Å². The van der Waals surface area contributed by atoms with Crippen molar-refractivity contribution in [3.63, 3.8) is 0 Å². The lowest BCUT2D eigenvalue weighted by Gasteiger charge is -2.47. The van der Waals surface area contributed by atoms with Gasteiger partial charge in [0.25, 0.3) is 0 Å². The van der Waals surface area contributed by atoms with Gasteiger partial charge in [-0.3, -0.25) is 4.79 Å². The zero-order valence-corrected chi connectivity index (χ0v) is 41.0. The molecule has 0 spiro atoms. The summed E-state index contributed by atoms with van der Waals surface area (Å²) in [5, 5.41) is 39.4. The molecule has 12 atom stereocenters. The number of aromatic hydroxyl groups is 1. The number of nitrogens with one attached hydrogen (secondary N) is 1. The molecule has 0 amide bonds. The van der Waals surface area contributed by atoms with Gasteiger partial charge in [-0.15, -0.1) is 0 Å². The van der Waals surface area contributed by atoms with Crippen LogP contribution in [-0.4, -0.2) is 118 Å². The van der Waals surface area contributed by atoms with Crippen molar-refractivity contribution in [1.29, 1.82) is 0 Å². The summed E-state index contributed by atoms with van der Waals surface area (Å²) < 4.78 is 25.0. The standard InChI is InChI=1S/C54H75N3O10/c1-9-43(49-34(6)29-54(11-3,67-49)44-22-25-53(63,10-2)36(8)66-44)48(60)35(7)46(58)32(4)16-18-38-19-17-33(5)47(59)45(38)51(62)65-31-42-24-27-57-26-23-41(55-52(57)56-42)30-64-50(61)40-21-20-37-14-12-13-15-39(37)28-40/h12-15,17,19-21,28,32,34-36,41-44,46,49,58-59,63H,9-11,16,18,22-27,29-31H2,1-8H3,(H,55,56)/t32-,34+,35+,36+,41+,42+,43+,44-,46+,49+,53-,54+/m1/s1. The topological polar surface area (TPSA) is 176 Å². The third-order valence-corrected chi connectivity index (χ3v) is 15.9. The number of phenols is 1. The molecule has 0 saturated carbocycles. The maximum absolute atomic E-state index is 14.3. The summed E-state index contributed by atoms with van der Waals surface area (Å²) in [5.74, 6) is -1.73. The number of phenolic OH excluding ortho intramolecular Hbond substituents is 1. The summed E-state index contributed by atoms with van der Waals surface area (Å²) >= 11 is 0. The van der Waals surface area contributed by atoms with Crippen LogP contribution in [0.3, 0.4) is 0 Å². The highest BCUT2D eigenvalue weighted by Crippen LogP contribution is 2.48. The molecule has 0 radical (unpaired) electrons. The molecule has 4 N–H and O–H groups in total. The van der Waals surface area contributed by atoms with E-state index in [1.54, 1.807) is 26.0 Å². The maximum Gasteiger partial charge on any atom is 0.342 e. The summed E-state index contributed by atoms with van der Waals surface area (Å²) in [5.41, 5.74) is 0.365. The molecule has 13 nitrogen and oxygen atoms in total. The number of hydrogen-bond donors (Lipinski definition) is 4. The third-order valence-electron chi connectivity index (χ3n) is 15.9. The van der Waals surface area contributed by atoms with Crippen molar-refractivity contribution in [2.75, 3.05) is 26.3 Å². The van der Waals surface area contributed by atoms with Gasteiger partial charge < -0.3 is 44.5 Å². The second-order valence-corrected chi connectivity index (χ2v) is 20.2. The number of aliphatic imine (C=N–C) groups is 1. The number of carbonyl (C=O) groups is 3. The number of guanidine groups is 1. The Morgan fingerprint density at radius 2 is 1.67 bits per heavy atom. The first kappa shape index (κ1) is 50.3. The molecule has 4 aliphatic rings. The van der Waals surface area contributed by atoms with Gasteiger partial charge in [-0.25, -0.2) is 14.6 Å². The van der Waals surface area contributed by atoms with Crippen molar-refractivity contribution in [2.45, 2.75) is 167 Å². The molecular formula is C54H75N3O10. The first-order valence-corrected chi connectivity index (χ1v) is 25.0. The number of aliphatic hydroxyl groups excluding tert-OH is 1. The van der Waals surface area contributed by atoms with Crippen LogP contribution in [0.15, 0.2) is 59.6 Å². The van der Waals surface area contributed by atoms with Gasteiger partial charge in [0, 0.05) is 24.9 Å². The Kier molecular flexibility index (Phi) is 16.1. The Labute approximate surface area is 397 Å². The molecule has 366 valence electrons. The number of ketones is 1. The largest absolute Gasteiger partial charge is 0.507 e. The molecule has 0 unspecified atom stereocenters. The second-order valence-electron chi connectivity index (χ2n) is 20.2. The van der Waals surface area contributed by atoms with Crippen LogP contribution in [0.25, 0.3) is 10.8 Å². The van der Waals surface area contributed by atoms with E-state index < -0.39 is 35.1 Å². The number of rotatable bonds is 18. The average Bonchev–Trinajstić information content (AvgIpc) is 3.69. The van der Waals surface area contributed by atoms with E-state index >= 15 is 0 Å². The molecular weight excluding hydrogens is 851 g/mol. The van der Waals surface area contributed by atoms with Crippen LogP contribution in [0.5, 0.6) is 5.75 Å². The Balaban J connectivity index is 0.921. The molecule has 0 aromatic heterocycles. The minimum Gasteiger partial charge on any atom is -0.507 e. The highest BCUT2D eigenvalue weighted by Gasteiger charge is 2.55. The van der Waals surface area contributed by atoms with Crippen molar-refractivity contribution >= 4 is 34.5 Å². The van der Waals surface area contributed by atoms with E-state index in [4.69, 9.17) is 23.9 Å². The van der Waals surface area contributed by atoms with Gasteiger partial charge >= 0.3 is 11.9 Å². The predicted octanol–water partition coefficient (Wildman–Crippen LogP) is 8.10. The van der Waals surface area contributed by atoms with Crippen LogP contribution in [0.4, 0.5) is 0 Å². The molecule has 3 saturated heterocycles. The maximum atomic E-state index is 14.3. The smallest absolute Gasteiger partial charge is 0.342 e. The van der Waals surface area contributed by atoms with Crippen molar-refractivity contribution < 1.29 is 48.7 Å². The lowest BCUT2D eigenvalue weighted by atomic mass is 9.76. The number of benzene rings is 3. The number of carbonyl (C=O) groups excluding carboxylic acids is 3. The molecule has 4 heterocycles. The minimum atomic E-state index is -0.937. The molecule has 67 heavy (non-hydrogen) atoms. The van der Waals surface area contributed by atoms with E-state index in [9.17, 15) is 29.7 Å². The first-order valence-electron chi connectivity index (χ1n) is 25.0. The van der Waals surface area contributed by atoms with Gasteiger partial charge in [-0.1, -0.05) is 84.0 Å². The second kappa shape index (κ2) is 21.4. The quantitative estimate of drug-likeness (QED) is 0.0904. The molecule has 0 bridgehead atoms. The number of hydrogen-bond acceptors (Lipinski definition) is 13. The monoisotopic (exact) mass is 926 g/mol. The molecule has 13 heteroatoms. The lowest BCUT2D eigenvalue weighted by Crippen LogP contribution is -2.57. The third kappa shape index (κ3) is 10.9. The number of esters is 2. The van der Waals surface area contributed by atoms with E-state index in [1.807, 2.05) is 70.2 Å². The number of fused-ring (bicyclic) bond motifs is 2. The summed E-state index contributed by atoms with van der Waals surface area (Å²) in [6.07, 6.45) is 4.61. The fourth-order valence-corrected chi connectivity index (χ4v) is 11.1. The highest BCUT2D eigenvalue weighted by atomic mass is 16.6. The minimum absolute atomic E-state index is 0.0186. The van der Waals surface area contributed by atoms with Crippen molar-refractivity contribution in [3.8, 4) is 5.75 Å². The molecule has 7 rings (SSSR count). The lowest BCUT2D eigenvalue weighted by molar-refractivity contribution is -0.229. The van der Waals surface area contributed by atoms with Gasteiger partial charge in [-0.2, -0.15) is 0 Å². The van der Waals surface area contributed by atoms with E-state index in [1.165, 1.54) is 0 Å². The fourth-order valence-electron chi connectivity index (χ4n) is 11.1. The Hall–Kier alpha value is -4.56. The highest BCUT2D eigenvalue weighted by molar-refractivity contribution is 5.96. The zero-order chi connectivity index (χ0) is 48.2. The van der Waals surface area contributed by atoms with E-state index in [-0.39, 0.29) is 78.5 Å². The van der Waals surface area contributed by atoms with Crippen LogP contribution in [0, 0.1) is 30.6 Å². The van der Waals surface area contributed by atoms with E-state index in [2.05, 4.69) is 24.1 Å². The normalized spacial score (nSPS) is 29.2. The number of Topliss-reactive ketones (excluding diaryl/α,β-unsaturated/α-hetero) is 1. The Bertz CT molecular complexity index is 2270. The molecule has 0 aliphatic carbocycles. The van der Waals surface area contributed by atoms with E-state index in [0.717, 1.165) is 43.1 Å². The van der Waals surface area contributed by atoms with Gasteiger partial charge in [0.1, 0.15) is 30.3 Å². The molecule has 3 aromatic rings. The first-order chi connectivity index (χ1) is 32.0. The van der Waals surface area contributed by atoms with Gasteiger partial charge in [0.2, 0.25) is 0 Å². The number of aryl methyl sites for hydroxylation is 2. The molecule has 3 fully saturated rings. The molecule has 4 aliphatic heterocycles. The van der Waals surface area contributed by atoms with Crippen molar-refractivity contribution in [3.05, 3.63) is 76.9 Å². The Morgan fingerprint density at radius 3 is 2.39 bits per heavy atom. The summed E-state index contributed by atoms with van der Waals surface area (Å²) in [7, 11) is 0. The average molecular weight is 926 g/mol. The Morgan fingerprint density at radius 1 is 0.940 bits per heavy atom. The number of aliphatic hydroxyl groups is 2. The van der Waals surface area contributed by atoms with Gasteiger partial charge in [0.15, 0.2) is 5.96 Å². The van der Waals surface area contributed by atoms with Crippen LogP contribution in [-0.2, 0) is 30.2 Å². The summed E-state index contributed by atoms with van der Waals surface area (Å²) in [6.45, 7) is 17.3. The number of ether oxygens (including phenoxy) is 4. The van der Waals surface area contributed by atoms with Gasteiger partial charge in [-0.05, 0) is 124 Å². The van der Waals surface area contributed by atoms with Crippen LogP contribution in [0.2, 0.25) is 0 Å². The van der Waals surface area contributed by atoms with Crippen LogP contribution < -0.4 is 5.32 Å². The summed E-state index contributed by atoms with van der Waals surface area (Å²) in [4.78, 5) is 48.1. The van der Waals surface area contributed by atoms with Crippen molar-refractivity contribution in [2.24, 2.45) is 28.7 Å². The van der Waals surface area contributed by atoms with Crippen molar-refractivity contribution in [1.82, 2.24) is 10.2 Å². The molecule has 3 aromatic carbocycles. The van der Waals surface area contributed by atoms with Gasteiger partial charge in [0.05, 0.1) is 53.3 Å². The predicted molar refractivity (Wildman–Crippen MR) is 258 cm³/mol. The number of nitrogens with zero attached hydrogens (tertiary/aromatic N) is 2.